The third-order valence-corrected chi connectivity index (χ3v) is 3.96. The zero-order valence-electron chi connectivity index (χ0n) is 13.0. The zero-order chi connectivity index (χ0) is 14.1. The van der Waals surface area contributed by atoms with E-state index in [0.29, 0.717) is 0 Å². The van der Waals surface area contributed by atoms with Gasteiger partial charge in [0.1, 0.15) is 0 Å². The van der Waals surface area contributed by atoms with Crippen LogP contribution in [0.4, 0.5) is 0 Å². The van der Waals surface area contributed by atoms with Crippen molar-refractivity contribution in [2.75, 3.05) is 19.8 Å². The molecule has 0 spiro atoms. The van der Waals surface area contributed by atoms with Gasteiger partial charge in [0.2, 0.25) is 0 Å². The smallest absolute Gasteiger partial charge is 0.0956 e. The summed E-state index contributed by atoms with van der Waals surface area (Å²) in [5, 5.41) is 9.48. The maximum atomic E-state index is 9.48. The van der Waals surface area contributed by atoms with Crippen molar-refractivity contribution in [3.05, 3.63) is 23.3 Å². The van der Waals surface area contributed by atoms with E-state index < -0.39 is 0 Å². The molecule has 2 heteroatoms. The third-order valence-electron chi connectivity index (χ3n) is 3.96. The fraction of sp³-hybridized carbons (Fsp3) is 0.765. The fourth-order valence-corrected chi connectivity index (χ4v) is 2.68. The van der Waals surface area contributed by atoms with Crippen LogP contribution in [0.3, 0.4) is 0 Å². The molecule has 19 heavy (non-hydrogen) atoms. The van der Waals surface area contributed by atoms with E-state index in [1.54, 1.807) is 0 Å². The predicted octanol–water partition coefficient (Wildman–Crippen LogP) is 4.12. The van der Waals surface area contributed by atoms with Gasteiger partial charge in [-0.3, -0.25) is 4.90 Å². The number of hydrogen-bond acceptors (Lipinski definition) is 2. The molecule has 0 aromatic rings. The molecule has 1 aliphatic rings. The predicted molar refractivity (Wildman–Crippen MR) is 83.0 cm³/mol. The highest BCUT2D eigenvalue weighted by Crippen LogP contribution is 2.24. The van der Waals surface area contributed by atoms with E-state index in [1.165, 1.54) is 43.3 Å². The van der Waals surface area contributed by atoms with E-state index >= 15 is 0 Å². The summed E-state index contributed by atoms with van der Waals surface area (Å²) in [5.41, 5.74) is 2.73. The van der Waals surface area contributed by atoms with Gasteiger partial charge in [-0.1, -0.05) is 42.6 Å². The average Bonchev–Trinajstić information content (AvgIpc) is 2.42. The lowest BCUT2D eigenvalue weighted by molar-refractivity contribution is 0.0849. The molecule has 0 bridgehead atoms. The molecular formula is C17H31NO. The van der Waals surface area contributed by atoms with Gasteiger partial charge in [0, 0.05) is 13.1 Å². The summed E-state index contributed by atoms with van der Waals surface area (Å²) < 4.78 is 0. The second-order valence-electron chi connectivity index (χ2n) is 6.23. The molecule has 1 aliphatic carbocycles. The summed E-state index contributed by atoms with van der Waals surface area (Å²) in [6.07, 6.45) is 12.3. The Morgan fingerprint density at radius 2 is 1.79 bits per heavy atom. The molecule has 0 saturated heterocycles. The van der Waals surface area contributed by atoms with Crippen molar-refractivity contribution in [2.24, 2.45) is 5.92 Å². The second kappa shape index (κ2) is 9.33. The lowest BCUT2D eigenvalue weighted by Gasteiger charge is -2.28. The lowest BCUT2D eigenvalue weighted by atomic mass is 9.89. The molecule has 0 heterocycles. The van der Waals surface area contributed by atoms with Crippen LogP contribution < -0.4 is 0 Å². The van der Waals surface area contributed by atoms with E-state index in [4.69, 9.17) is 0 Å². The van der Waals surface area contributed by atoms with Gasteiger partial charge in [-0.15, -0.1) is 0 Å². The number of hydrogen-bond donors (Lipinski definition) is 1. The normalized spacial score (nSPS) is 17.8. The van der Waals surface area contributed by atoms with Crippen molar-refractivity contribution < 1.29 is 5.11 Å². The van der Waals surface area contributed by atoms with Crippen molar-refractivity contribution in [2.45, 2.75) is 59.3 Å². The van der Waals surface area contributed by atoms with Gasteiger partial charge < -0.3 is 5.11 Å². The highest BCUT2D eigenvalue weighted by molar-refractivity contribution is 5.14. The molecule has 0 aromatic carbocycles. The molecule has 0 radical (unpaired) electrons. The van der Waals surface area contributed by atoms with Crippen molar-refractivity contribution in [3.63, 3.8) is 0 Å². The van der Waals surface area contributed by atoms with Crippen molar-refractivity contribution in [3.8, 4) is 0 Å². The molecule has 1 N–H and O–H groups in total. The van der Waals surface area contributed by atoms with Crippen LogP contribution in [-0.4, -0.2) is 29.8 Å². The Morgan fingerprint density at radius 1 is 1.11 bits per heavy atom. The molecule has 1 rings (SSSR count). The summed E-state index contributed by atoms with van der Waals surface area (Å²) in [5.74, 6) is 0.808. The molecular weight excluding hydrogens is 234 g/mol. The number of aliphatic hydroxyl groups is 1. The molecule has 0 aliphatic heterocycles. The molecule has 0 unspecified atom stereocenters. The van der Waals surface area contributed by atoms with Crippen molar-refractivity contribution in [1.82, 2.24) is 4.90 Å². The van der Waals surface area contributed by atoms with Gasteiger partial charge in [0.25, 0.3) is 0 Å². The first kappa shape index (κ1) is 16.5. The Morgan fingerprint density at radius 3 is 2.37 bits per heavy atom. The highest BCUT2D eigenvalue weighted by Gasteiger charge is 2.16. The minimum atomic E-state index is 0.201. The summed E-state index contributed by atoms with van der Waals surface area (Å²) in [6, 6.07) is 0. The maximum absolute atomic E-state index is 9.48. The van der Waals surface area contributed by atoms with Crippen LogP contribution in [0.15, 0.2) is 23.3 Å². The Bertz CT molecular complexity index is 296. The Hall–Kier alpha value is -0.600. The molecule has 1 saturated carbocycles. The van der Waals surface area contributed by atoms with Crippen LogP contribution in [-0.2, 0) is 0 Å². The maximum Gasteiger partial charge on any atom is 0.0956 e. The molecule has 1 fully saturated rings. The number of aliphatic hydroxyl groups excluding tert-OH is 1. The Balaban J connectivity index is 2.31. The SMILES string of the molecule is CC(C)=CC=C(C)CCN(CO)CC1CCCCC1. The van der Waals surface area contributed by atoms with Gasteiger partial charge in [0.05, 0.1) is 6.73 Å². The first-order valence-corrected chi connectivity index (χ1v) is 7.75. The summed E-state index contributed by atoms with van der Waals surface area (Å²) >= 11 is 0. The van der Waals surface area contributed by atoms with E-state index in [1.807, 2.05) is 0 Å². The topological polar surface area (TPSA) is 23.5 Å². The fourth-order valence-electron chi connectivity index (χ4n) is 2.68. The number of allylic oxidation sites excluding steroid dienone is 3. The van der Waals surface area contributed by atoms with Crippen LogP contribution in [0.1, 0.15) is 59.3 Å². The molecule has 0 atom stereocenters. The third kappa shape index (κ3) is 7.54. The quantitative estimate of drug-likeness (QED) is 0.553. The molecule has 2 nitrogen and oxygen atoms in total. The van der Waals surface area contributed by atoms with Gasteiger partial charge >= 0.3 is 0 Å². The number of rotatable bonds is 7. The van der Waals surface area contributed by atoms with Crippen LogP contribution >= 0.6 is 0 Å². The average molecular weight is 265 g/mol. The Kier molecular flexibility index (Phi) is 8.08. The zero-order valence-corrected chi connectivity index (χ0v) is 13.0. The van der Waals surface area contributed by atoms with Gasteiger partial charge in [0.15, 0.2) is 0 Å². The first-order valence-electron chi connectivity index (χ1n) is 7.75. The minimum absolute atomic E-state index is 0.201. The monoisotopic (exact) mass is 265 g/mol. The van der Waals surface area contributed by atoms with Crippen LogP contribution in [0.2, 0.25) is 0 Å². The lowest BCUT2D eigenvalue weighted by Crippen LogP contribution is -2.32. The molecule has 110 valence electrons. The van der Waals surface area contributed by atoms with Crippen LogP contribution in [0, 0.1) is 5.92 Å². The van der Waals surface area contributed by atoms with Gasteiger partial charge in [-0.05, 0) is 46.0 Å². The largest absolute Gasteiger partial charge is 0.381 e. The standard InChI is InChI=1S/C17H31NO/c1-15(2)9-10-16(3)11-12-18(14-19)13-17-7-5-4-6-8-17/h9-10,17,19H,4-8,11-14H2,1-3H3. The Labute approximate surface area is 119 Å². The second-order valence-corrected chi connectivity index (χ2v) is 6.23. The highest BCUT2D eigenvalue weighted by atomic mass is 16.3. The van der Waals surface area contributed by atoms with Crippen molar-refractivity contribution in [1.29, 1.82) is 0 Å². The molecule has 0 amide bonds. The minimum Gasteiger partial charge on any atom is -0.381 e. The van der Waals surface area contributed by atoms with E-state index in [0.717, 1.165) is 25.4 Å². The van der Waals surface area contributed by atoms with Crippen molar-refractivity contribution >= 4 is 0 Å². The van der Waals surface area contributed by atoms with Gasteiger partial charge in [-0.2, -0.15) is 0 Å². The van der Waals surface area contributed by atoms with E-state index in [2.05, 4.69) is 37.8 Å². The van der Waals surface area contributed by atoms with Crippen LogP contribution in [0.25, 0.3) is 0 Å². The summed E-state index contributed by atoms with van der Waals surface area (Å²) in [6.45, 7) is 8.67. The van der Waals surface area contributed by atoms with E-state index in [-0.39, 0.29) is 6.73 Å². The summed E-state index contributed by atoms with van der Waals surface area (Å²) in [4.78, 5) is 2.20. The van der Waals surface area contributed by atoms with Gasteiger partial charge in [-0.25, -0.2) is 0 Å². The molecule has 0 aromatic heterocycles. The summed E-state index contributed by atoms with van der Waals surface area (Å²) in [7, 11) is 0. The van der Waals surface area contributed by atoms with Crippen LogP contribution in [0.5, 0.6) is 0 Å². The number of nitrogens with zero attached hydrogens (tertiary/aromatic N) is 1. The van der Waals surface area contributed by atoms with E-state index in [9.17, 15) is 5.11 Å². The first-order chi connectivity index (χ1) is 9.11.